The maximum absolute atomic E-state index is 5.41. The normalized spacial score (nSPS) is 22.1. The van der Waals surface area contributed by atoms with Gasteiger partial charge in [0.1, 0.15) is 18.6 Å². The third-order valence-electron chi connectivity index (χ3n) is 1.42. The summed E-state index contributed by atoms with van der Waals surface area (Å²) in [5, 5.41) is 0. The van der Waals surface area contributed by atoms with Crippen LogP contribution in [0.15, 0.2) is 24.7 Å². The van der Waals surface area contributed by atoms with Gasteiger partial charge in [-0.05, 0) is 6.92 Å². The van der Waals surface area contributed by atoms with Gasteiger partial charge < -0.3 is 14.2 Å². The van der Waals surface area contributed by atoms with Crippen LogP contribution in [0.5, 0.6) is 0 Å². The fourth-order valence-corrected chi connectivity index (χ4v) is 0.962. The quantitative estimate of drug-likeness (QED) is 0.472. The molecule has 0 spiro atoms. The van der Waals surface area contributed by atoms with Crippen LogP contribution in [-0.4, -0.2) is 25.9 Å². The summed E-state index contributed by atoms with van der Waals surface area (Å²) in [5.74, 6) is 0.799. The fourth-order valence-electron chi connectivity index (χ4n) is 0.962. The first-order chi connectivity index (χ1) is 5.83. The number of allylic oxidation sites excluding steroid dienone is 1. The minimum Gasteiger partial charge on any atom is -0.494 e. The van der Waals surface area contributed by atoms with Gasteiger partial charge in [0.25, 0.3) is 0 Å². The van der Waals surface area contributed by atoms with E-state index < -0.39 is 0 Å². The molecule has 68 valence electrons. The zero-order valence-electron chi connectivity index (χ0n) is 7.29. The highest BCUT2D eigenvalue weighted by atomic mass is 16.6. The predicted molar refractivity (Wildman–Crippen MR) is 45.6 cm³/mol. The van der Waals surface area contributed by atoms with E-state index >= 15 is 0 Å². The second kappa shape index (κ2) is 4.83. The van der Waals surface area contributed by atoms with Gasteiger partial charge in [-0.2, -0.15) is 0 Å². The van der Waals surface area contributed by atoms with Crippen molar-refractivity contribution in [2.24, 2.45) is 0 Å². The molecule has 0 saturated carbocycles. The molecule has 0 fully saturated rings. The SMILES string of the molecule is C=CCOCC1COC=C(C)O1. The van der Waals surface area contributed by atoms with Crippen molar-refractivity contribution < 1.29 is 14.2 Å². The van der Waals surface area contributed by atoms with Gasteiger partial charge in [-0.25, -0.2) is 0 Å². The average molecular weight is 170 g/mol. The van der Waals surface area contributed by atoms with Crippen molar-refractivity contribution in [1.29, 1.82) is 0 Å². The van der Waals surface area contributed by atoms with E-state index in [1.807, 2.05) is 6.92 Å². The summed E-state index contributed by atoms with van der Waals surface area (Å²) >= 11 is 0. The van der Waals surface area contributed by atoms with Crippen molar-refractivity contribution in [1.82, 2.24) is 0 Å². The first-order valence-corrected chi connectivity index (χ1v) is 3.96. The van der Waals surface area contributed by atoms with Gasteiger partial charge >= 0.3 is 0 Å². The molecule has 1 aliphatic heterocycles. The van der Waals surface area contributed by atoms with Crippen LogP contribution in [0.1, 0.15) is 6.92 Å². The lowest BCUT2D eigenvalue weighted by Crippen LogP contribution is -2.27. The zero-order chi connectivity index (χ0) is 8.81. The Hall–Kier alpha value is -0.960. The summed E-state index contributed by atoms with van der Waals surface area (Å²) in [6.45, 7) is 7.09. The highest BCUT2D eigenvalue weighted by Crippen LogP contribution is 2.09. The minimum absolute atomic E-state index is 0.0231. The Bertz CT molecular complexity index is 175. The van der Waals surface area contributed by atoms with Crippen LogP contribution in [0.25, 0.3) is 0 Å². The largest absolute Gasteiger partial charge is 0.494 e. The molecular weight excluding hydrogens is 156 g/mol. The molecule has 0 bridgehead atoms. The van der Waals surface area contributed by atoms with Gasteiger partial charge in [0.05, 0.1) is 13.2 Å². The Kier molecular flexibility index (Phi) is 3.67. The lowest BCUT2D eigenvalue weighted by atomic mass is 10.4. The van der Waals surface area contributed by atoms with Crippen molar-refractivity contribution in [3.05, 3.63) is 24.7 Å². The molecule has 0 aromatic rings. The summed E-state index contributed by atoms with van der Waals surface area (Å²) in [7, 11) is 0. The minimum atomic E-state index is 0.0231. The number of hydrogen-bond donors (Lipinski definition) is 0. The topological polar surface area (TPSA) is 27.7 Å². The molecule has 3 nitrogen and oxygen atoms in total. The van der Waals surface area contributed by atoms with Crippen molar-refractivity contribution >= 4 is 0 Å². The van der Waals surface area contributed by atoms with E-state index in [1.165, 1.54) is 0 Å². The summed E-state index contributed by atoms with van der Waals surface area (Å²) in [6.07, 6.45) is 3.35. The molecule has 1 unspecified atom stereocenters. The van der Waals surface area contributed by atoms with E-state index in [4.69, 9.17) is 14.2 Å². The molecule has 1 heterocycles. The van der Waals surface area contributed by atoms with E-state index in [9.17, 15) is 0 Å². The van der Waals surface area contributed by atoms with Gasteiger partial charge in [0, 0.05) is 0 Å². The standard InChI is InChI=1S/C9H14O3/c1-3-4-10-6-9-7-11-5-8(2)12-9/h3,5,9H,1,4,6-7H2,2H3. The Balaban J connectivity index is 2.16. The molecule has 12 heavy (non-hydrogen) atoms. The first-order valence-electron chi connectivity index (χ1n) is 3.96. The molecule has 0 N–H and O–H groups in total. The lowest BCUT2D eigenvalue weighted by Gasteiger charge is -2.22. The van der Waals surface area contributed by atoms with Crippen LogP contribution < -0.4 is 0 Å². The van der Waals surface area contributed by atoms with Crippen molar-refractivity contribution in [2.75, 3.05) is 19.8 Å². The first kappa shape index (κ1) is 9.13. The second-order valence-corrected chi connectivity index (χ2v) is 2.63. The predicted octanol–water partition coefficient (Wildman–Crippen LogP) is 1.47. The lowest BCUT2D eigenvalue weighted by molar-refractivity contribution is -0.0345. The molecule has 0 aliphatic carbocycles. The third kappa shape index (κ3) is 2.96. The summed E-state index contributed by atoms with van der Waals surface area (Å²) in [6, 6.07) is 0. The van der Waals surface area contributed by atoms with Crippen molar-refractivity contribution in [2.45, 2.75) is 13.0 Å². The summed E-state index contributed by atoms with van der Waals surface area (Å²) in [5.41, 5.74) is 0. The van der Waals surface area contributed by atoms with Crippen molar-refractivity contribution in [3.8, 4) is 0 Å². The molecule has 1 rings (SSSR count). The van der Waals surface area contributed by atoms with Gasteiger partial charge in [0.15, 0.2) is 6.10 Å². The van der Waals surface area contributed by atoms with E-state index in [2.05, 4.69) is 6.58 Å². The summed E-state index contributed by atoms with van der Waals surface area (Å²) < 4.78 is 15.8. The second-order valence-electron chi connectivity index (χ2n) is 2.63. The Morgan fingerprint density at radius 2 is 2.67 bits per heavy atom. The molecule has 0 aromatic carbocycles. The molecule has 0 saturated heterocycles. The number of hydrogen-bond acceptors (Lipinski definition) is 3. The van der Waals surface area contributed by atoms with Crippen LogP contribution in [0, 0.1) is 0 Å². The van der Waals surface area contributed by atoms with Gasteiger partial charge in [-0.15, -0.1) is 6.58 Å². The van der Waals surface area contributed by atoms with E-state index in [-0.39, 0.29) is 6.10 Å². The van der Waals surface area contributed by atoms with Crippen LogP contribution in [0.4, 0.5) is 0 Å². The monoisotopic (exact) mass is 170 g/mol. The van der Waals surface area contributed by atoms with Gasteiger partial charge in [0.2, 0.25) is 0 Å². The Morgan fingerprint density at radius 3 is 3.33 bits per heavy atom. The molecule has 3 heteroatoms. The molecule has 0 radical (unpaired) electrons. The van der Waals surface area contributed by atoms with E-state index in [0.29, 0.717) is 19.8 Å². The maximum atomic E-state index is 5.41. The van der Waals surface area contributed by atoms with Gasteiger partial charge in [-0.3, -0.25) is 0 Å². The van der Waals surface area contributed by atoms with Crippen LogP contribution in [-0.2, 0) is 14.2 Å². The number of rotatable bonds is 4. The highest BCUT2D eigenvalue weighted by molar-refractivity contribution is 4.86. The summed E-state index contributed by atoms with van der Waals surface area (Å²) in [4.78, 5) is 0. The maximum Gasteiger partial charge on any atom is 0.155 e. The zero-order valence-corrected chi connectivity index (χ0v) is 7.29. The van der Waals surface area contributed by atoms with Crippen LogP contribution in [0.3, 0.4) is 0 Å². The molecule has 1 aliphatic rings. The fraction of sp³-hybridized carbons (Fsp3) is 0.556. The molecule has 1 atom stereocenters. The average Bonchev–Trinajstić information content (AvgIpc) is 2.05. The molecule has 0 amide bonds. The highest BCUT2D eigenvalue weighted by Gasteiger charge is 2.14. The van der Waals surface area contributed by atoms with Gasteiger partial charge in [-0.1, -0.05) is 6.08 Å². The van der Waals surface area contributed by atoms with Crippen LogP contribution >= 0.6 is 0 Å². The third-order valence-corrected chi connectivity index (χ3v) is 1.42. The Morgan fingerprint density at radius 1 is 1.83 bits per heavy atom. The number of ether oxygens (including phenoxy) is 3. The van der Waals surface area contributed by atoms with E-state index in [1.54, 1.807) is 12.3 Å². The van der Waals surface area contributed by atoms with E-state index in [0.717, 1.165) is 5.76 Å². The molecular formula is C9H14O3. The smallest absolute Gasteiger partial charge is 0.155 e. The van der Waals surface area contributed by atoms with Crippen molar-refractivity contribution in [3.63, 3.8) is 0 Å². The van der Waals surface area contributed by atoms with Crippen LogP contribution in [0.2, 0.25) is 0 Å². The molecule has 0 aromatic heterocycles. The Labute approximate surface area is 72.6 Å².